The number of fused-ring (bicyclic) bond motifs is 1. The van der Waals surface area contributed by atoms with Crippen LogP contribution in [0.1, 0.15) is 16.9 Å². The molecule has 0 bridgehead atoms. The van der Waals surface area contributed by atoms with Crippen molar-refractivity contribution in [3.8, 4) is 0 Å². The van der Waals surface area contributed by atoms with Gasteiger partial charge in [0.25, 0.3) is 0 Å². The van der Waals surface area contributed by atoms with Crippen LogP contribution in [0.15, 0.2) is 24.4 Å². The number of carboxylic acids is 1. The van der Waals surface area contributed by atoms with Gasteiger partial charge in [0.1, 0.15) is 15.5 Å². The van der Waals surface area contributed by atoms with Crippen molar-refractivity contribution in [1.82, 2.24) is 9.38 Å². The smallest absolute Gasteiger partial charge is 0.356 e. The number of imidazole rings is 1. The monoisotopic (exact) mass is 297 g/mol. The predicted octanol–water partition coefficient (Wildman–Crippen LogP) is 0.879. The Morgan fingerprint density at radius 1 is 1.45 bits per heavy atom. The van der Waals surface area contributed by atoms with Crippen LogP contribution in [0.25, 0.3) is 5.65 Å². The van der Waals surface area contributed by atoms with E-state index in [1.807, 2.05) is 0 Å². The molecule has 2 heterocycles. The molecule has 0 saturated heterocycles. The van der Waals surface area contributed by atoms with Crippen molar-refractivity contribution < 1.29 is 18.3 Å². The van der Waals surface area contributed by atoms with Gasteiger partial charge in [-0.15, -0.1) is 0 Å². The number of nitrogens with one attached hydrogen (secondary N) is 1. The Labute approximate surface area is 116 Å². The largest absolute Gasteiger partial charge is 0.476 e. The van der Waals surface area contributed by atoms with E-state index in [2.05, 4.69) is 10.3 Å². The fraction of sp³-hybridized carbons (Fsp3) is 0.333. The number of rotatable bonds is 6. The summed E-state index contributed by atoms with van der Waals surface area (Å²) in [6, 6.07) is 5.18. The summed E-state index contributed by atoms with van der Waals surface area (Å²) in [6.45, 7) is 0.344. The molecule has 0 saturated carbocycles. The number of hydrogen-bond donors (Lipinski definition) is 2. The van der Waals surface area contributed by atoms with Crippen LogP contribution in [0.3, 0.4) is 0 Å². The Bertz CT molecular complexity index is 736. The van der Waals surface area contributed by atoms with Gasteiger partial charge in [-0.05, 0) is 18.6 Å². The Balaban J connectivity index is 2.17. The lowest BCUT2D eigenvalue weighted by Crippen LogP contribution is -2.12. The first-order chi connectivity index (χ1) is 9.38. The number of anilines is 1. The molecule has 20 heavy (non-hydrogen) atoms. The number of sulfone groups is 1. The minimum absolute atomic E-state index is 0.0416. The maximum atomic E-state index is 11.3. The van der Waals surface area contributed by atoms with Crippen molar-refractivity contribution >= 4 is 27.3 Å². The molecular weight excluding hydrogens is 282 g/mol. The third kappa shape index (κ3) is 3.27. The molecular formula is C12H15N3O4S. The van der Waals surface area contributed by atoms with E-state index in [4.69, 9.17) is 0 Å². The average Bonchev–Trinajstić information content (AvgIpc) is 2.71. The number of carboxylic acid groups (broad SMARTS) is 1. The Hall–Kier alpha value is -2.09. The minimum Gasteiger partial charge on any atom is -0.476 e. The highest BCUT2D eigenvalue weighted by molar-refractivity contribution is 7.90. The highest BCUT2D eigenvalue weighted by Crippen LogP contribution is 2.17. The summed E-state index contributed by atoms with van der Waals surface area (Å²) in [5, 5.41) is 12.1. The molecule has 2 aromatic rings. The van der Waals surface area contributed by atoms with E-state index in [0.717, 1.165) is 0 Å². The summed E-state index contributed by atoms with van der Waals surface area (Å²) in [4.78, 5) is 15.5. The van der Waals surface area contributed by atoms with E-state index in [-0.39, 0.29) is 17.3 Å². The zero-order chi connectivity index (χ0) is 14.8. The minimum atomic E-state index is -3.01. The molecule has 7 nitrogen and oxygen atoms in total. The van der Waals surface area contributed by atoms with Crippen molar-refractivity contribution in [3.05, 3.63) is 30.1 Å². The van der Waals surface area contributed by atoms with Gasteiger partial charge in [0.05, 0.1) is 5.75 Å². The molecule has 0 fully saturated rings. The molecule has 0 aliphatic rings. The maximum absolute atomic E-state index is 11.3. The molecule has 0 radical (unpaired) electrons. The second-order valence-corrected chi connectivity index (χ2v) is 6.71. The standard InChI is InChI=1S/C12H15N3O4S/c1-20(18,19)8-4-6-13-11-10(12(16)17)15-7-3-2-5-9(15)14-11/h2-3,5,7,13H,4,6,8H2,1H3,(H,16,17). The average molecular weight is 297 g/mol. The molecule has 2 N–H and O–H groups in total. The van der Waals surface area contributed by atoms with Gasteiger partial charge in [-0.25, -0.2) is 18.2 Å². The predicted molar refractivity (Wildman–Crippen MR) is 75.0 cm³/mol. The molecule has 0 aliphatic heterocycles. The number of aromatic carboxylic acids is 1. The fourth-order valence-electron chi connectivity index (χ4n) is 1.86. The second-order valence-electron chi connectivity index (χ2n) is 4.45. The lowest BCUT2D eigenvalue weighted by molar-refractivity contribution is 0.0690. The van der Waals surface area contributed by atoms with Gasteiger partial charge >= 0.3 is 5.97 Å². The van der Waals surface area contributed by atoms with Crippen LogP contribution in [0, 0.1) is 0 Å². The summed E-state index contributed by atoms with van der Waals surface area (Å²) < 4.78 is 23.5. The highest BCUT2D eigenvalue weighted by Gasteiger charge is 2.17. The lowest BCUT2D eigenvalue weighted by Gasteiger charge is -2.04. The Morgan fingerprint density at radius 2 is 2.20 bits per heavy atom. The first kappa shape index (κ1) is 14.3. The van der Waals surface area contributed by atoms with Crippen LogP contribution >= 0.6 is 0 Å². The molecule has 0 spiro atoms. The van der Waals surface area contributed by atoms with Crippen molar-refractivity contribution in [1.29, 1.82) is 0 Å². The Morgan fingerprint density at radius 3 is 2.85 bits per heavy atom. The molecule has 0 unspecified atom stereocenters. The second kappa shape index (κ2) is 5.49. The van der Waals surface area contributed by atoms with Gasteiger partial charge in [-0.1, -0.05) is 6.07 Å². The SMILES string of the molecule is CS(=O)(=O)CCCNc1nc2ccccn2c1C(=O)O. The van der Waals surface area contributed by atoms with E-state index in [1.165, 1.54) is 10.7 Å². The van der Waals surface area contributed by atoms with E-state index >= 15 is 0 Å². The summed E-state index contributed by atoms with van der Waals surface area (Å²) in [6.07, 6.45) is 3.18. The summed E-state index contributed by atoms with van der Waals surface area (Å²) in [5.41, 5.74) is 0.565. The lowest BCUT2D eigenvalue weighted by atomic mass is 10.4. The molecule has 2 rings (SSSR count). The van der Waals surface area contributed by atoms with Crippen molar-refractivity contribution in [3.63, 3.8) is 0 Å². The quantitative estimate of drug-likeness (QED) is 0.768. The van der Waals surface area contributed by atoms with E-state index in [9.17, 15) is 18.3 Å². The summed E-state index contributed by atoms with van der Waals surface area (Å²) >= 11 is 0. The topological polar surface area (TPSA) is 101 Å². The van der Waals surface area contributed by atoms with Crippen LogP contribution in [0.5, 0.6) is 0 Å². The first-order valence-electron chi connectivity index (χ1n) is 6.00. The molecule has 8 heteroatoms. The third-order valence-electron chi connectivity index (χ3n) is 2.72. The van der Waals surface area contributed by atoms with Gasteiger partial charge in [-0.3, -0.25) is 4.40 Å². The number of aromatic nitrogens is 2. The highest BCUT2D eigenvalue weighted by atomic mass is 32.2. The van der Waals surface area contributed by atoms with Crippen LogP contribution in [0.4, 0.5) is 5.82 Å². The van der Waals surface area contributed by atoms with Crippen LogP contribution in [-0.4, -0.2) is 47.4 Å². The molecule has 108 valence electrons. The fourth-order valence-corrected chi connectivity index (χ4v) is 2.53. The number of carbonyl (C=O) groups is 1. The summed E-state index contributed by atoms with van der Waals surface area (Å²) in [5.74, 6) is -0.790. The first-order valence-corrected chi connectivity index (χ1v) is 8.06. The van der Waals surface area contributed by atoms with Crippen LogP contribution in [-0.2, 0) is 9.84 Å². The van der Waals surface area contributed by atoms with Gasteiger partial charge in [-0.2, -0.15) is 0 Å². The zero-order valence-corrected chi connectivity index (χ0v) is 11.7. The van der Waals surface area contributed by atoms with E-state index in [1.54, 1.807) is 24.4 Å². The molecule has 0 amide bonds. The number of hydrogen-bond acceptors (Lipinski definition) is 5. The van der Waals surface area contributed by atoms with Crippen molar-refractivity contribution in [2.45, 2.75) is 6.42 Å². The number of pyridine rings is 1. The molecule has 0 aromatic carbocycles. The molecule has 2 aromatic heterocycles. The maximum Gasteiger partial charge on any atom is 0.356 e. The van der Waals surface area contributed by atoms with E-state index < -0.39 is 15.8 Å². The van der Waals surface area contributed by atoms with Gasteiger partial charge in [0.2, 0.25) is 0 Å². The van der Waals surface area contributed by atoms with Crippen LogP contribution in [0.2, 0.25) is 0 Å². The third-order valence-corrected chi connectivity index (χ3v) is 3.75. The molecule has 0 atom stereocenters. The van der Waals surface area contributed by atoms with Crippen LogP contribution < -0.4 is 5.32 Å². The number of nitrogens with zero attached hydrogens (tertiary/aromatic N) is 2. The van der Waals surface area contributed by atoms with Gasteiger partial charge in [0, 0.05) is 19.0 Å². The Kier molecular flexibility index (Phi) is 3.93. The van der Waals surface area contributed by atoms with Crippen molar-refractivity contribution in [2.24, 2.45) is 0 Å². The molecule has 0 aliphatic carbocycles. The van der Waals surface area contributed by atoms with E-state index in [0.29, 0.717) is 18.6 Å². The van der Waals surface area contributed by atoms with Gasteiger partial charge < -0.3 is 10.4 Å². The zero-order valence-electron chi connectivity index (χ0n) is 10.9. The summed E-state index contributed by atoms with van der Waals surface area (Å²) in [7, 11) is -3.01. The normalized spacial score (nSPS) is 11.7. The van der Waals surface area contributed by atoms with Crippen molar-refractivity contribution in [2.75, 3.05) is 23.9 Å². The van der Waals surface area contributed by atoms with Gasteiger partial charge in [0.15, 0.2) is 11.5 Å².